The molecule has 1 aromatic heterocycles. The minimum atomic E-state index is -0.216. The zero-order valence-electron chi connectivity index (χ0n) is 13.5. The third kappa shape index (κ3) is 3.80. The molecule has 1 N–H and O–H groups in total. The van der Waals surface area contributed by atoms with Gasteiger partial charge in [0.15, 0.2) is 0 Å². The maximum absolute atomic E-state index is 14.2. The van der Waals surface area contributed by atoms with Crippen LogP contribution in [0.25, 0.3) is 0 Å². The first kappa shape index (κ1) is 16.4. The lowest BCUT2D eigenvalue weighted by atomic mass is 9.86. The van der Waals surface area contributed by atoms with E-state index >= 15 is 0 Å². The van der Waals surface area contributed by atoms with E-state index in [1.54, 1.807) is 6.20 Å². The summed E-state index contributed by atoms with van der Waals surface area (Å²) in [5.74, 6) is -0.216. The lowest BCUT2D eigenvalue weighted by Gasteiger charge is -2.44. The third-order valence-electron chi connectivity index (χ3n) is 4.65. The normalized spacial score (nSPS) is 19.2. The Morgan fingerprint density at radius 3 is 2.52 bits per heavy atom. The Bertz CT molecular complexity index is 439. The number of rotatable bonds is 5. The van der Waals surface area contributed by atoms with Crippen LogP contribution in [-0.4, -0.2) is 35.1 Å². The molecule has 0 radical (unpaired) electrons. The number of pyridine rings is 1. The van der Waals surface area contributed by atoms with E-state index in [1.165, 1.54) is 31.9 Å². The van der Waals surface area contributed by atoms with Gasteiger partial charge in [-0.2, -0.15) is 0 Å². The van der Waals surface area contributed by atoms with E-state index in [0.29, 0.717) is 0 Å². The Balaban J connectivity index is 2.28. The van der Waals surface area contributed by atoms with Gasteiger partial charge in [0.25, 0.3) is 0 Å². The first-order chi connectivity index (χ1) is 10.1. The van der Waals surface area contributed by atoms with Crippen molar-refractivity contribution in [3.63, 3.8) is 0 Å². The maximum atomic E-state index is 14.2. The maximum Gasteiger partial charge on any atom is 0.146 e. The summed E-state index contributed by atoms with van der Waals surface area (Å²) in [7, 11) is 0. The van der Waals surface area contributed by atoms with Gasteiger partial charge < -0.3 is 5.32 Å². The Morgan fingerprint density at radius 1 is 1.29 bits per heavy atom. The van der Waals surface area contributed by atoms with E-state index in [-0.39, 0.29) is 17.4 Å². The molecule has 0 saturated carbocycles. The van der Waals surface area contributed by atoms with Gasteiger partial charge in [0.05, 0.1) is 12.2 Å². The van der Waals surface area contributed by atoms with Crippen LogP contribution in [0.2, 0.25) is 0 Å². The molecule has 1 saturated heterocycles. The zero-order valence-corrected chi connectivity index (χ0v) is 13.5. The highest BCUT2D eigenvalue weighted by atomic mass is 19.1. The molecule has 2 heterocycles. The van der Waals surface area contributed by atoms with E-state index in [2.05, 4.69) is 36.0 Å². The lowest BCUT2D eigenvalue weighted by Crippen LogP contribution is -2.53. The van der Waals surface area contributed by atoms with Gasteiger partial charge in [0.1, 0.15) is 5.82 Å². The van der Waals surface area contributed by atoms with E-state index in [9.17, 15) is 4.39 Å². The third-order valence-corrected chi connectivity index (χ3v) is 4.65. The molecule has 4 heteroatoms. The fourth-order valence-corrected chi connectivity index (χ4v) is 3.39. The number of likely N-dealkylation sites (N-methyl/N-ethyl adjacent to an activating group) is 1. The van der Waals surface area contributed by atoms with Gasteiger partial charge in [0.2, 0.25) is 0 Å². The molecule has 0 amide bonds. The number of nitrogens with one attached hydrogen (secondary N) is 1. The van der Waals surface area contributed by atoms with Gasteiger partial charge in [-0.1, -0.05) is 19.8 Å². The number of halogens is 1. The summed E-state index contributed by atoms with van der Waals surface area (Å²) >= 11 is 0. The summed E-state index contributed by atoms with van der Waals surface area (Å²) in [6.07, 6.45) is 8.09. The van der Waals surface area contributed by atoms with Crippen molar-refractivity contribution < 1.29 is 4.39 Å². The van der Waals surface area contributed by atoms with E-state index in [1.807, 2.05) is 6.07 Å². The fraction of sp³-hybridized carbons (Fsp3) is 0.706. The van der Waals surface area contributed by atoms with Crippen molar-refractivity contribution in [3.05, 3.63) is 29.8 Å². The number of hydrogen-bond donors (Lipinski definition) is 1. The minimum absolute atomic E-state index is 0.0244. The highest BCUT2D eigenvalue weighted by molar-refractivity contribution is 5.22. The average Bonchev–Trinajstić information content (AvgIpc) is 2.75. The summed E-state index contributed by atoms with van der Waals surface area (Å²) in [4.78, 5) is 6.40. The lowest BCUT2D eigenvalue weighted by molar-refractivity contribution is 0.0825. The largest absolute Gasteiger partial charge is 0.309 e. The summed E-state index contributed by atoms with van der Waals surface area (Å²) < 4.78 is 14.2. The van der Waals surface area contributed by atoms with Gasteiger partial charge in [-0.3, -0.25) is 9.88 Å². The van der Waals surface area contributed by atoms with Crippen LogP contribution in [-0.2, 0) is 0 Å². The minimum Gasteiger partial charge on any atom is -0.309 e. The summed E-state index contributed by atoms with van der Waals surface area (Å²) in [6, 6.07) is 1.78. The van der Waals surface area contributed by atoms with Crippen molar-refractivity contribution in [2.24, 2.45) is 0 Å². The monoisotopic (exact) mass is 293 g/mol. The second kappa shape index (κ2) is 7.32. The predicted molar refractivity (Wildman–Crippen MR) is 84.7 cm³/mol. The molecule has 3 nitrogen and oxygen atoms in total. The molecule has 0 spiro atoms. The molecule has 0 bridgehead atoms. The van der Waals surface area contributed by atoms with Crippen LogP contribution in [0.15, 0.2) is 18.5 Å². The van der Waals surface area contributed by atoms with Crippen LogP contribution >= 0.6 is 0 Å². The molecule has 2 rings (SSSR count). The molecule has 1 atom stereocenters. The first-order valence-corrected chi connectivity index (χ1v) is 8.15. The number of aromatic nitrogens is 1. The number of likely N-dealkylation sites (tertiary alicyclic amines) is 1. The van der Waals surface area contributed by atoms with Crippen molar-refractivity contribution in [3.8, 4) is 0 Å². The molecule has 1 fully saturated rings. The molecular formula is C17H28FN3. The molecular weight excluding hydrogens is 265 g/mol. The van der Waals surface area contributed by atoms with E-state index in [4.69, 9.17) is 0 Å². The number of hydrogen-bond acceptors (Lipinski definition) is 3. The second-order valence-corrected chi connectivity index (χ2v) is 6.44. The van der Waals surface area contributed by atoms with Gasteiger partial charge in [-0.25, -0.2) is 4.39 Å². The molecule has 1 aromatic rings. The van der Waals surface area contributed by atoms with E-state index in [0.717, 1.165) is 25.2 Å². The van der Waals surface area contributed by atoms with E-state index < -0.39 is 0 Å². The van der Waals surface area contributed by atoms with Gasteiger partial charge in [0, 0.05) is 17.3 Å². The van der Waals surface area contributed by atoms with Crippen LogP contribution in [0.5, 0.6) is 0 Å². The molecule has 0 aliphatic carbocycles. The quantitative estimate of drug-likeness (QED) is 0.900. The van der Waals surface area contributed by atoms with Crippen LogP contribution in [0, 0.1) is 5.82 Å². The zero-order chi connectivity index (χ0) is 15.3. The molecule has 21 heavy (non-hydrogen) atoms. The smallest absolute Gasteiger partial charge is 0.146 e. The Labute approximate surface area is 127 Å². The first-order valence-electron chi connectivity index (χ1n) is 8.15. The summed E-state index contributed by atoms with van der Waals surface area (Å²) in [6.45, 7) is 9.55. The molecule has 1 unspecified atom stereocenters. The Hall–Kier alpha value is -1.00. The summed E-state index contributed by atoms with van der Waals surface area (Å²) in [5, 5.41) is 3.49. The Kier molecular flexibility index (Phi) is 5.71. The Morgan fingerprint density at radius 2 is 1.95 bits per heavy atom. The molecule has 1 aliphatic rings. The van der Waals surface area contributed by atoms with Gasteiger partial charge in [-0.05, 0) is 52.4 Å². The van der Waals surface area contributed by atoms with Crippen molar-refractivity contribution in [2.75, 3.05) is 19.6 Å². The molecule has 1 aliphatic heterocycles. The van der Waals surface area contributed by atoms with Crippen LogP contribution in [0.1, 0.15) is 58.1 Å². The van der Waals surface area contributed by atoms with Crippen molar-refractivity contribution in [1.29, 1.82) is 0 Å². The average molecular weight is 293 g/mol. The van der Waals surface area contributed by atoms with Crippen LogP contribution in [0.4, 0.5) is 4.39 Å². The van der Waals surface area contributed by atoms with Crippen LogP contribution < -0.4 is 5.32 Å². The van der Waals surface area contributed by atoms with Crippen LogP contribution in [0.3, 0.4) is 0 Å². The second-order valence-electron chi connectivity index (χ2n) is 6.44. The number of nitrogens with zero attached hydrogens (tertiary/aromatic N) is 2. The van der Waals surface area contributed by atoms with Gasteiger partial charge >= 0.3 is 0 Å². The summed E-state index contributed by atoms with van der Waals surface area (Å²) in [5.41, 5.74) is 0.601. The predicted octanol–water partition coefficient (Wildman–Crippen LogP) is 3.53. The highest BCUT2D eigenvalue weighted by Gasteiger charge is 2.37. The van der Waals surface area contributed by atoms with Crippen molar-refractivity contribution in [1.82, 2.24) is 15.2 Å². The van der Waals surface area contributed by atoms with Crippen molar-refractivity contribution in [2.45, 2.75) is 58.0 Å². The fourth-order valence-electron chi connectivity index (χ4n) is 3.39. The SMILES string of the molecule is CCNC(c1ccncc1F)C(C)(C)N1CCCCCC1. The standard InChI is InChI=1S/C17H28FN3/c1-4-20-16(14-9-10-19-13-15(14)18)17(2,3)21-11-7-5-6-8-12-21/h9-10,13,16,20H,4-8,11-12H2,1-3H3. The molecule has 118 valence electrons. The highest BCUT2D eigenvalue weighted by Crippen LogP contribution is 2.33. The topological polar surface area (TPSA) is 28.2 Å². The molecule has 0 aromatic carbocycles. The van der Waals surface area contributed by atoms with Gasteiger partial charge in [-0.15, -0.1) is 0 Å². The van der Waals surface area contributed by atoms with Crippen molar-refractivity contribution >= 4 is 0 Å².